The predicted octanol–water partition coefficient (Wildman–Crippen LogP) is 2.00. The first-order valence-corrected chi connectivity index (χ1v) is 8.76. The number of aliphatic hydroxyl groups excluding tert-OH is 1. The number of nitrogens with one attached hydrogen (secondary N) is 1. The summed E-state index contributed by atoms with van der Waals surface area (Å²) in [5, 5.41) is 12.4. The van der Waals surface area contributed by atoms with Crippen LogP contribution < -0.4 is 5.32 Å². The maximum atomic E-state index is 13.4. The van der Waals surface area contributed by atoms with Gasteiger partial charge in [-0.3, -0.25) is 4.79 Å². The van der Waals surface area contributed by atoms with Crippen LogP contribution in [0.25, 0.3) is 0 Å². The fourth-order valence-corrected chi connectivity index (χ4v) is 3.37. The molecule has 2 aliphatic rings. The van der Waals surface area contributed by atoms with Gasteiger partial charge in [-0.2, -0.15) is 0 Å². The number of rotatable bonds is 3. The van der Waals surface area contributed by atoms with Crippen molar-refractivity contribution in [1.82, 2.24) is 10.2 Å². The SMILES string of the molecule is CC(C)(C)OC(=O)NC(C(=O)N1CCC(F)C1)C1CCC(O)CC1. The number of hydrogen-bond donors (Lipinski definition) is 2. The molecule has 7 heteroatoms. The van der Waals surface area contributed by atoms with Crippen LogP contribution in [-0.4, -0.2) is 59.0 Å². The smallest absolute Gasteiger partial charge is 0.408 e. The van der Waals surface area contributed by atoms with E-state index in [1.807, 2.05) is 0 Å². The summed E-state index contributed by atoms with van der Waals surface area (Å²) < 4.78 is 18.7. The second kappa shape index (κ2) is 7.68. The molecule has 2 N–H and O–H groups in total. The van der Waals surface area contributed by atoms with Crippen molar-refractivity contribution in [3.8, 4) is 0 Å². The van der Waals surface area contributed by atoms with Crippen molar-refractivity contribution < 1.29 is 23.8 Å². The van der Waals surface area contributed by atoms with Gasteiger partial charge in [-0.05, 0) is 58.8 Å². The molecular weight excluding hydrogens is 315 g/mol. The third kappa shape index (κ3) is 5.33. The molecule has 1 aliphatic carbocycles. The number of ether oxygens (including phenoxy) is 1. The number of carbonyl (C=O) groups is 2. The van der Waals surface area contributed by atoms with E-state index in [0.29, 0.717) is 38.6 Å². The standard InChI is InChI=1S/C17H29FN2O4/c1-17(2,3)24-16(23)19-14(11-4-6-13(21)7-5-11)15(22)20-9-8-12(18)10-20/h11-14,21H,4-10H2,1-3H3,(H,19,23). The van der Waals surface area contributed by atoms with Gasteiger partial charge in [-0.25, -0.2) is 9.18 Å². The second-order valence-electron chi connectivity index (χ2n) is 7.86. The van der Waals surface area contributed by atoms with E-state index in [1.165, 1.54) is 4.90 Å². The average Bonchev–Trinajstić information content (AvgIpc) is 2.90. The Labute approximate surface area is 142 Å². The molecule has 0 aromatic heterocycles. The molecule has 1 saturated carbocycles. The van der Waals surface area contributed by atoms with Crippen molar-refractivity contribution in [3.63, 3.8) is 0 Å². The highest BCUT2D eigenvalue weighted by Crippen LogP contribution is 2.29. The molecule has 0 aromatic rings. The zero-order chi connectivity index (χ0) is 17.9. The van der Waals surface area contributed by atoms with Crippen LogP contribution in [0.1, 0.15) is 52.9 Å². The minimum atomic E-state index is -0.996. The fraction of sp³-hybridized carbons (Fsp3) is 0.882. The van der Waals surface area contributed by atoms with E-state index < -0.39 is 23.9 Å². The molecule has 2 fully saturated rings. The molecule has 2 amide bonds. The van der Waals surface area contributed by atoms with Crippen LogP contribution in [-0.2, 0) is 9.53 Å². The van der Waals surface area contributed by atoms with Gasteiger partial charge in [0.1, 0.15) is 17.8 Å². The third-order valence-corrected chi connectivity index (χ3v) is 4.59. The molecular formula is C17H29FN2O4. The van der Waals surface area contributed by atoms with Gasteiger partial charge in [-0.15, -0.1) is 0 Å². The van der Waals surface area contributed by atoms with Gasteiger partial charge >= 0.3 is 6.09 Å². The van der Waals surface area contributed by atoms with Crippen LogP contribution in [0.2, 0.25) is 0 Å². The Morgan fingerprint density at radius 1 is 1.21 bits per heavy atom. The first-order valence-electron chi connectivity index (χ1n) is 8.76. The van der Waals surface area contributed by atoms with Crippen molar-refractivity contribution in [3.05, 3.63) is 0 Å². The molecule has 0 spiro atoms. The van der Waals surface area contributed by atoms with E-state index in [1.54, 1.807) is 20.8 Å². The summed E-state index contributed by atoms with van der Waals surface area (Å²) >= 11 is 0. The topological polar surface area (TPSA) is 78.9 Å². The predicted molar refractivity (Wildman–Crippen MR) is 87.2 cm³/mol. The van der Waals surface area contributed by atoms with E-state index in [0.717, 1.165) is 0 Å². The number of alkyl carbamates (subject to hydrolysis) is 1. The molecule has 2 unspecified atom stereocenters. The summed E-state index contributed by atoms with van der Waals surface area (Å²) in [7, 11) is 0. The summed E-state index contributed by atoms with van der Waals surface area (Å²) in [6.45, 7) is 5.74. The number of hydrogen-bond acceptors (Lipinski definition) is 4. The zero-order valence-electron chi connectivity index (χ0n) is 14.8. The maximum Gasteiger partial charge on any atom is 0.408 e. The van der Waals surface area contributed by atoms with Crippen LogP contribution in [0.15, 0.2) is 0 Å². The van der Waals surface area contributed by atoms with E-state index in [2.05, 4.69) is 5.32 Å². The highest BCUT2D eigenvalue weighted by atomic mass is 19.1. The molecule has 24 heavy (non-hydrogen) atoms. The largest absolute Gasteiger partial charge is 0.444 e. The molecule has 2 rings (SSSR count). The summed E-state index contributed by atoms with van der Waals surface area (Å²) in [6, 6.07) is -0.724. The number of alkyl halides is 1. The Bertz CT molecular complexity index is 458. The Morgan fingerprint density at radius 3 is 2.33 bits per heavy atom. The van der Waals surface area contributed by atoms with E-state index in [9.17, 15) is 19.1 Å². The van der Waals surface area contributed by atoms with Gasteiger partial charge in [0.15, 0.2) is 0 Å². The summed E-state index contributed by atoms with van der Waals surface area (Å²) in [6.07, 6.45) is 0.883. The van der Waals surface area contributed by atoms with Gasteiger partial charge in [0.25, 0.3) is 0 Å². The minimum absolute atomic E-state index is 0.0629. The molecule has 1 heterocycles. The lowest BCUT2D eigenvalue weighted by atomic mass is 9.82. The normalized spacial score (nSPS) is 29.2. The van der Waals surface area contributed by atoms with Gasteiger partial charge in [0, 0.05) is 6.54 Å². The van der Waals surface area contributed by atoms with E-state index >= 15 is 0 Å². The number of halogens is 1. The molecule has 0 radical (unpaired) electrons. The summed E-state index contributed by atoms with van der Waals surface area (Å²) in [4.78, 5) is 26.4. The lowest BCUT2D eigenvalue weighted by molar-refractivity contribution is -0.134. The monoisotopic (exact) mass is 344 g/mol. The molecule has 2 atom stereocenters. The number of likely N-dealkylation sites (tertiary alicyclic amines) is 1. The average molecular weight is 344 g/mol. The van der Waals surface area contributed by atoms with Gasteiger partial charge in [-0.1, -0.05) is 0 Å². The molecule has 0 bridgehead atoms. The Balaban J connectivity index is 2.06. The quantitative estimate of drug-likeness (QED) is 0.821. The van der Waals surface area contributed by atoms with Crippen LogP contribution >= 0.6 is 0 Å². The van der Waals surface area contributed by atoms with Crippen molar-refractivity contribution in [2.24, 2.45) is 5.92 Å². The van der Waals surface area contributed by atoms with Crippen molar-refractivity contribution in [1.29, 1.82) is 0 Å². The van der Waals surface area contributed by atoms with E-state index in [-0.39, 0.29) is 24.5 Å². The molecule has 1 aliphatic heterocycles. The Kier molecular flexibility index (Phi) is 6.06. The number of aliphatic hydroxyl groups is 1. The molecule has 6 nitrogen and oxygen atoms in total. The summed E-state index contributed by atoms with van der Waals surface area (Å²) in [5.41, 5.74) is -0.655. The van der Waals surface area contributed by atoms with E-state index in [4.69, 9.17) is 4.74 Å². The zero-order valence-corrected chi connectivity index (χ0v) is 14.8. The summed E-state index contributed by atoms with van der Waals surface area (Å²) in [5.74, 6) is -0.311. The van der Waals surface area contributed by atoms with Crippen molar-refractivity contribution in [2.75, 3.05) is 13.1 Å². The number of carbonyl (C=O) groups excluding carboxylic acids is 2. The van der Waals surface area contributed by atoms with Gasteiger partial charge in [0.05, 0.1) is 12.6 Å². The first-order chi connectivity index (χ1) is 11.2. The van der Waals surface area contributed by atoms with Crippen LogP contribution in [0.4, 0.5) is 9.18 Å². The number of amides is 2. The lowest BCUT2D eigenvalue weighted by Crippen LogP contribution is -2.53. The number of nitrogens with zero attached hydrogens (tertiary/aromatic N) is 1. The second-order valence-corrected chi connectivity index (χ2v) is 7.86. The molecule has 138 valence electrons. The van der Waals surface area contributed by atoms with Crippen LogP contribution in [0.3, 0.4) is 0 Å². The Hall–Kier alpha value is -1.37. The maximum absolute atomic E-state index is 13.4. The van der Waals surface area contributed by atoms with Crippen LogP contribution in [0.5, 0.6) is 0 Å². The first kappa shape index (κ1) is 19.0. The van der Waals surface area contributed by atoms with Gasteiger partial charge in [0.2, 0.25) is 5.91 Å². The lowest BCUT2D eigenvalue weighted by Gasteiger charge is -2.34. The fourth-order valence-electron chi connectivity index (χ4n) is 3.37. The van der Waals surface area contributed by atoms with Crippen molar-refractivity contribution >= 4 is 12.0 Å². The highest BCUT2D eigenvalue weighted by Gasteiger charge is 2.38. The van der Waals surface area contributed by atoms with Gasteiger partial charge < -0.3 is 20.1 Å². The van der Waals surface area contributed by atoms with Crippen LogP contribution in [0, 0.1) is 5.92 Å². The third-order valence-electron chi connectivity index (χ3n) is 4.59. The minimum Gasteiger partial charge on any atom is -0.444 e. The van der Waals surface area contributed by atoms with Crippen molar-refractivity contribution in [2.45, 2.75) is 76.8 Å². The Morgan fingerprint density at radius 2 is 1.83 bits per heavy atom. The molecule has 0 aromatic carbocycles. The highest BCUT2D eigenvalue weighted by molar-refractivity contribution is 5.86. The molecule has 1 saturated heterocycles.